The van der Waals surface area contributed by atoms with Gasteiger partial charge in [-0.3, -0.25) is 4.79 Å². The number of rotatable bonds is 9. The lowest BCUT2D eigenvalue weighted by molar-refractivity contribution is 0.103. The third kappa shape index (κ3) is 11.1. The third-order valence-electron chi connectivity index (χ3n) is 9.33. The lowest BCUT2D eigenvalue weighted by atomic mass is 9.88. The van der Waals surface area contributed by atoms with E-state index in [1.54, 1.807) is 0 Å². The first-order valence-electron chi connectivity index (χ1n) is 18.7. The van der Waals surface area contributed by atoms with E-state index in [0.29, 0.717) is 35.5 Å². The fourth-order valence-corrected chi connectivity index (χ4v) is 6.48. The van der Waals surface area contributed by atoms with Gasteiger partial charge in [-0.15, -0.1) is 0 Å². The summed E-state index contributed by atoms with van der Waals surface area (Å²) in [5.74, 6) is 3.65. The zero-order valence-corrected chi connectivity index (χ0v) is 32.9. The zero-order chi connectivity index (χ0) is 37.0. The SMILES string of the molecule is CC(C)c1ccc(-c2ccc(C(=O)c3ccccc3)cc2)cc1C(C)C.CC(C)c1ccccc1C(C)C.CC(C)c1ccccc1C(C)C. The minimum Gasteiger partial charge on any atom is -0.289 e. The van der Waals surface area contributed by atoms with Crippen molar-refractivity contribution in [3.8, 4) is 11.1 Å². The highest BCUT2D eigenvalue weighted by Crippen LogP contribution is 2.31. The molecule has 5 rings (SSSR count). The predicted octanol–water partition coefficient (Wildman–Crippen LogP) is 14.7. The van der Waals surface area contributed by atoms with Crippen LogP contribution in [0.2, 0.25) is 0 Å². The Balaban J connectivity index is 0.000000234. The molecule has 0 fully saturated rings. The van der Waals surface area contributed by atoms with Gasteiger partial charge in [0.15, 0.2) is 5.78 Å². The van der Waals surface area contributed by atoms with E-state index in [-0.39, 0.29) is 5.78 Å². The quantitative estimate of drug-likeness (QED) is 0.143. The smallest absolute Gasteiger partial charge is 0.193 e. The lowest BCUT2D eigenvalue weighted by Crippen LogP contribution is -2.01. The first-order valence-corrected chi connectivity index (χ1v) is 18.7. The molecule has 5 aromatic rings. The summed E-state index contributed by atoms with van der Waals surface area (Å²) in [6, 6.07) is 41.6. The highest BCUT2D eigenvalue weighted by atomic mass is 16.1. The molecule has 0 unspecified atom stereocenters. The summed E-state index contributed by atoms with van der Waals surface area (Å²) >= 11 is 0. The van der Waals surface area contributed by atoms with E-state index in [1.165, 1.54) is 38.9 Å². The summed E-state index contributed by atoms with van der Waals surface area (Å²) in [6.07, 6.45) is 0. The van der Waals surface area contributed by atoms with Gasteiger partial charge >= 0.3 is 0 Å². The molecule has 0 aliphatic heterocycles. The average molecular weight is 667 g/mol. The fourth-order valence-electron chi connectivity index (χ4n) is 6.48. The van der Waals surface area contributed by atoms with E-state index in [9.17, 15) is 4.79 Å². The second kappa shape index (κ2) is 19.2. The molecule has 5 aromatic carbocycles. The highest BCUT2D eigenvalue weighted by molar-refractivity contribution is 6.09. The van der Waals surface area contributed by atoms with Gasteiger partial charge in [-0.25, -0.2) is 0 Å². The van der Waals surface area contributed by atoms with E-state index < -0.39 is 0 Å². The molecule has 0 saturated carbocycles. The monoisotopic (exact) mass is 666 g/mol. The predicted molar refractivity (Wildman–Crippen MR) is 219 cm³/mol. The molecule has 1 heteroatoms. The molecule has 0 amide bonds. The van der Waals surface area contributed by atoms with Gasteiger partial charge in [-0.05, 0) is 80.0 Å². The lowest BCUT2D eigenvalue weighted by Gasteiger charge is -2.17. The van der Waals surface area contributed by atoms with Gasteiger partial charge < -0.3 is 0 Å². The topological polar surface area (TPSA) is 17.1 Å². The Bertz CT molecular complexity index is 1640. The molecule has 0 heterocycles. The maximum absolute atomic E-state index is 12.6. The van der Waals surface area contributed by atoms with Crippen molar-refractivity contribution in [2.45, 2.75) is 119 Å². The Hall–Kier alpha value is -4.23. The zero-order valence-electron chi connectivity index (χ0n) is 32.9. The Morgan fingerprint density at radius 3 is 0.980 bits per heavy atom. The maximum Gasteiger partial charge on any atom is 0.193 e. The van der Waals surface area contributed by atoms with Gasteiger partial charge in [0.2, 0.25) is 0 Å². The molecule has 0 radical (unpaired) electrons. The highest BCUT2D eigenvalue weighted by Gasteiger charge is 2.13. The van der Waals surface area contributed by atoms with E-state index >= 15 is 0 Å². The first kappa shape index (κ1) is 40.2. The first-order chi connectivity index (χ1) is 23.7. The summed E-state index contributed by atoms with van der Waals surface area (Å²) in [7, 11) is 0. The molecular formula is C49H62O. The molecular weight excluding hydrogens is 605 g/mol. The number of benzene rings is 5. The van der Waals surface area contributed by atoms with Gasteiger partial charge in [0.25, 0.3) is 0 Å². The van der Waals surface area contributed by atoms with E-state index in [0.717, 1.165) is 16.7 Å². The van der Waals surface area contributed by atoms with Crippen LogP contribution in [-0.4, -0.2) is 5.78 Å². The van der Waals surface area contributed by atoms with E-state index in [2.05, 4.69) is 150 Å². The van der Waals surface area contributed by atoms with Crippen molar-refractivity contribution >= 4 is 5.78 Å². The Morgan fingerprint density at radius 1 is 0.320 bits per heavy atom. The van der Waals surface area contributed by atoms with Crippen LogP contribution in [0.3, 0.4) is 0 Å². The molecule has 0 aromatic heterocycles. The Morgan fingerprint density at radius 2 is 0.620 bits per heavy atom. The van der Waals surface area contributed by atoms with Crippen molar-refractivity contribution in [1.82, 2.24) is 0 Å². The average Bonchev–Trinajstić information content (AvgIpc) is 3.11. The van der Waals surface area contributed by atoms with Crippen LogP contribution in [0.25, 0.3) is 11.1 Å². The normalized spacial score (nSPS) is 11.2. The second-order valence-corrected chi connectivity index (χ2v) is 15.3. The van der Waals surface area contributed by atoms with Crippen molar-refractivity contribution < 1.29 is 4.79 Å². The number of carbonyl (C=O) groups is 1. The molecule has 0 N–H and O–H groups in total. The number of carbonyl (C=O) groups excluding carboxylic acids is 1. The third-order valence-corrected chi connectivity index (χ3v) is 9.33. The molecule has 0 aliphatic rings. The number of ketones is 1. The molecule has 0 bridgehead atoms. The van der Waals surface area contributed by atoms with Crippen LogP contribution in [0.15, 0.2) is 121 Å². The van der Waals surface area contributed by atoms with Crippen LogP contribution in [-0.2, 0) is 0 Å². The number of hydrogen-bond acceptors (Lipinski definition) is 1. The van der Waals surface area contributed by atoms with Crippen LogP contribution >= 0.6 is 0 Å². The van der Waals surface area contributed by atoms with E-state index in [1.807, 2.05) is 54.6 Å². The van der Waals surface area contributed by atoms with E-state index in [4.69, 9.17) is 0 Å². The summed E-state index contributed by atoms with van der Waals surface area (Å²) < 4.78 is 0. The second-order valence-electron chi connectivity index (χ2n) is 15.3. The molecule has 0 aliphatic carbocycles. The molecule has 0 atom stereocenters. The minimum atomic E-state index is 0.0650. The van der Waals surface area contributed by atoms with Crippen molar-refractivity contribution in [3.63, 3.8) is 0 Å². The van der Waals surface area contributed by atoms with Crippen molar-refractivity contribution in [3.05, 3.63) is 166 Å². The van der Waals surface area contributed by atoms with Crippen LogP contribution in [0.5, 0.6) is 0 Å². The molecule has 264 valence electrons. The van der Waals surface area contributed by atoms with Gasteiger partial charge in [-0.2, -0.15) is 0 Å². The Kier molecular flexibility index (Phi) is 15.5. The van der Waals surface area contributed by atoms with Crippen LogP contribution in [0.1, 0.15) is 168 Å². The summed E-state index contributed by atoms with van der Waals surface area (Å²) in [5.41, 5.74) is 12.6. The Labute approximate surface area is 305 Å². The fraction of sp³-hybridized carbons (Fsp3) is 0.367. The summed E-state index contributed by atoms with van der Waals surface area (Å²) in [6.45, 7) is 27.0. The summed E-state index contributed by atoms with van der Waals surface area (Å²) in [5, 5.41) is 0. The summed E-state index contributed by atoms with van der Waals surface area (Å²) in [4.78, 5) is 12.6. The molecule has 0 spiro atoms. The van der Waals surface area contributed by atoms with Crippen LogP contribution in [0, 0.1) is 0 Å². The molecule has 0 saturated heterocycles. The molecule has 50 heavy (non-hydrogen) atoms. The maximum atomic E-state index is 12.6. The van der Waals surface area contributed by atoms with Crippen molar-refractivity contribution in [2.24, 2.45) is 0 Å². The largest absolute Gasteiger partial charge is 0.289 e. The van der Waals surface area contributed by atoms with Crippen molar-refractivity contribution in [2.75, 3.05) is 0 Å². The van der Waals surface area contributed by atoms with Gasteiger partial charge in [-0.1, -0.05) is 204 Å². The van der Waals surface area contributed by atoms with Gasteiger partial charge in [0.1, 0.15) is 0 Å². The van der Waals surface area contributed by atoms with Crippen LogP contribution in [0.4, 0.5) is 0 Å². The van der Waals surface area contributed by atoms with Crippen molar-refractivity contribution in [1.29, 1.82) is 0 Å². The molecule has 1 nitrogen and oxygen atoms in total. The van der Waals surface area contributed by atoms with Crippen LogP contribution < -0.4 is 0 Å². The number of hydrogen-bond donors (Lipinski definition) is 0. The minimum absolute atomic E-state index is 0.0650. The van der Waals surface area contributed by atoms with Gasteiger partial charge in [0.05, 0.1) is 0 Å². The standard InChI is InChI=1S/C25H26O.2C12H18/c1-17(2)23-15-14-22(16-24(23)18(3)4)19-10-12-21(13-11-19)25(26)20-8-6-5-7-9-20;2*1-9(2)11-7-5-6-8-12(11)10(3)4/h5-18H,1-4H3;2*5-10H,1-4H3. The van der Waals surface area contributed by atoms with Gasteiger partial charge in [0, 0.05) is 11.1 Å².